The SMILES string of the molecule is Cc1ccc(Cl)cc1N1CCC(CNC(=O)NCC2(O)C3C4CC5C6C4CC3C6C52)C1. The molecule has 1 aromatic rings. The van der Waals surface area contributed by atoms with E-state index < -0.39 is 5.60 Å². The fourth-order valence-corrected chi connectivity index (χ4v) is 9.79. The second-order valence-electron chi connectivity index (χ2n) is 11.4. The third-order valence-corrected chi connectivity index (χ3v) is 10.6. The van der Waals surface area contributed by atoms with Crippen LogP contribution in [0.25, 0.3) is 0 Å². The maximum Gasteiger partial charge on any atom is 0.314 e. The molecule has 3 N–H and O–H groups in total. The van der Waals surface area contributed by atoms with Crippen molar-refractivity contribution in [2.45, 2.75) is 31.8 Å². The van der Waals surface area contributed by atoms with Gasteiger partial charge in [-0.05, 0) is 97.1 Å². The summed E-state index contributed by atoms with van der Waals surface area (Å²) in [6, 6.07) is 5.92. The van der Waals surface area contributed by atoms with E-state index >= 15 is 0 Å². The van der Waals surface area contributed by atoms with Crippen LogP contribution in [0.1, 0.15) is 24.8 Å². The van der Waals surface area contributed by atoms with Gasteiger partial charge in [-0.15, -0.1) is 0 Å². The van der Waals surface area contributed by atoms with Crippen LogP contribution in [0.3, 0.4) is 0 Å². The van der Waals surface area contributed by atoms with Crippen molar-refractivity contribution in [3.05, 3.63) is 28.8 Å². The average molecular weight is 442 g/mol. The zero-order valence-corrected chi connectivity index (χ0v) is 18.8. The first-order valence-electron chi connectivity index (χ1n) is 12.2. The second kappa shape index (κ2) is 6.32. The fourth-order valence-electron chi connectivity index (χ4n) is 9.62. The van der Waals surface area contributed by atoms with Gasteiger partial charge in [0.05, 0.1) is 5.60 Å². The molecular formula is C25H32ClN3O2. The standard InChI is InChI=1S/C25H32ClN3O2/c1-12-2-3-14(26)6-19(12)29-5-4-13(10-29)9-27-24(30)28-11-25(31)22-16-8-17-20-15(16)7-18(22)21(20)23(17)25/h2-3,6,13,15-18,20-23,31H,4-5,7-11H2,1H3,(H2,27,28,30). The number of aryl methyl sites for hydroxylation is 1. The van der Waals surface area contributed by atoms with E-state index in [0.717, 1.165) is 60.0 Å². The molecule has 2 bridgehead atoms. The van der Waals surface area contributed by atoms with Crippen LogP contribution >= 0.6 is 11.6 Å². The molecule has 6 heteroatoms. The van der Waals surface area contributed by atoms with Gasteiger partial charge in [0.15, 0.2) is 0 Å². The highest BCUT2D eigenvalue weighted by atomic mass is 35.5. The molecule has 31 heavy (non-hydrogen) atoms. The molecule has 6 aliphatic rings. The molecule has 5 nitrogen and oxygen atoms in total. The summed E-state index contributed by atoms with van der Waals surface area (Å²) in [6.45, 7) is 5.16. The number of benzene rings is 1. The van der Waals surface area contributed by atoms with E-state index in [1.165, 1.54) is 24.1 Å². The highest BCUT2D eigenvalue weighted by Crippen LogP contribution is 2.85. The Morgan fingerprint density at radius 2 is 1.97 bits per heavy atom. The average Bonchev–Trinajstić information content (AvgIpc) is 3.43. The van der Waals surface area contributed by atoms with Crippen molar-refractivity contribution >= 4 is 23.3 Å². The van der Waals surface area contributed by atoms with E-state index in [1.807, 2.05) is 12.1 Å². The summed E-state index contributed by atoms with van der Waals surface area (Å²) in [5.74, 6) is 6.18. The lowest BCUT2D eigenvalue weighted by atomic mass is 9.56. The molecule has 10 unspecified atom stereocenters. The minimum atomic E-state index is -0.643. The number of anilines is 1. The van der Waals surface area contributed by atoms with Gasteiger partial charge in [-0.2, -0.15) is 0 Å². The molecule has 5 aliphatic carbocycles. The zero-order valence-electron chi connectivity index (χ0n) is 18.1. The Kier molecular flexibility index (Phi) is 3.88. The quantitative estimate of drug-likeness (QED) is 0.657. The summed E-state index contributed by atoms with van der Waals surface area (Å²) in [5, 5.41) is 18.6. The number of aliphatic hydroxyl groups is 1. The number of carbonyl (C=O) groups is 1. The molecule has 6 fully saturated rings. The van der Waals surface area contributed by atoms with E-state index in [9.17, 15) is 9.90 Å². The molecule has 1 heterocycles. The molecule has 5 saturated carbocycles. The molecule has 10 atom stereocenters. The Balaban J connectivity index is 0.933. The Bertz CT molecular complexity index is 949. The lowest BCUT2D eigenvalue weighted by molar-refractivity contribution is -0.126. The number of hydrogen-bond acceptors (Lipinski definition) is 3. The number of urea groups is 1. The maximum atomic E-state index is 12.6. The Morgan fingerprint density at radius 1 is 1.16 bits per heavy atom. The molecule has 7 rings (SSSR count). The van der Waals surface area contributed by atoms with Crippen molar-refractivity contribution in [3.63, 3.8) is 0 Å². The first kappa shape index (κ1) is 19.0. The van der Waals surface area contributed by atoms with E-state index in [0.29, 0.717) is 30.8 Å². The van der Waals surface area contributed by atoms with Crippen LogP contribution in [0.15, 0.2) is 18.2 Å². The number of nitrogens with zero attached hydrogens (tertiary/aromatic N) is 1. The Morgan fingerprint density at radius 3 is 2.84 bits per heavy atom. The third-order valence-electron chi connectivity index (χ3n) is 10.4. The molecule has 0 aromatic heterocycles. The van der Waals surface area contributed by atoms with Crippen LogP contribution in [0.4, 0.5) is 10.5 Å². The van der Waals surface area contributed by atoms with Crippen LogP contribution in [-0.4, -0.2) is 42.9 Å². The van der Waals surface area contributed by atoms with Crippen molar-refractivity contribution in [2.75, 3.05) is 31.1 Å². The number of amides is 2. The van der Waals surface area contributed by atoms with Crippen molar-refractivity contribution < 1.29 is 9.90 Å². The minimum absolute atomic E-state index is 0.121. The van der Waals surface area contributed by atoms with Gasteiger partial charge in [0.2, 0.25) is 0 Å². The molecule has 1 aromatic carbocycles. The van der Waals surface area contributed by atoms with Crippen molar-refractivity contribution in [1.29, 1.82) is 0 Å². The number of hydrogen-bond donors (Lipinski definition) is 3. The minimum Gasteiger partial charge on any atom is -0.387 e. The molecule has 0 spiro atoms. The first-order chi connectivity index (χ1) is 15.0. The summed E-state index contributed by atoms with van der Waals surface area (Å²) in [4.78, 5) is 15.0. The fraction of sp³-hybridized carbons (Fsp3) is 0.720. The maximum absolute atomic E-state index is 12.6. The number of carbonyl (C=O) groups excluding carboxylic acids is 1. The normalized spacial score (nSPS) is 47.3. The van der Waals surface area contributed by atoms with Crippen LogP contribution in [0.5, 0.6) is 0 Å². The van der Waals surface area contributed by atoms with Crippen LogP contribution in [0, 0.1) is 60.2 Å². The molecule has 0 radical (unpaired) electrons. The van der Waals surface area contributed by atoms with Crippen LogP contribution < -0.4 is 15.5 Å². The lowest BCUT2D eigenvalue weighted by Crippen LogP contribution is -2.59. The summed E-state index contributed by atoms with van der Waals surface area (Å²) in [6.07, 6.45) is 3.78. The van der Waals surface area contributed by atoms with E-state index in [2.05, 4.69) is 28.5 Å². The van der Waals surface area contributed by atoms with E-state index in [1.54, 1.807) is 0 Å². The highest BCUT2D eigenvalue weighted by molar-refractivity contribution is 6.30. The number of halogens is 1. The Hall–Kier alpha value is -1.46. The first-order valence-corrected chi connectivity index (χ1v) is 12.6. The largest absolute Gasteiger partial charge is 0.387 e. The van der Waals surface area contributed by atoms with Gasteiger partial charge < -0.3 is 20.6 Å². The predicted octanol–water partition coefficient (Wildman–Crippen LogP) is 3.28. The molecule has 1 saturated heterocycles. The summed E-state index contributed by atoms with van der Waals surface area (Å²) < 4.78 is 0. The lowest BCUT2D eigenvalue weighted by Gasteiger charge is -2.51. The van der Waals surface area contributed by atoms with Gasteiger partial charge in [0.1, 0.15) is 0 Å². The molecule has 2 amide bonds. The van der Waals surface area contributed by atoms with Crippen molar-refractivity contribution in [3.8, 4) is 0 Å². The molecule has 166 valence electrons. The smallest absolute Gasteiger partial charge is 0.314 e. The van der Waals surface area contributed by atoms with Crippen molar-refractivity contribution in [1.82, 2.24) is 10.6 Å². The third kappa shape index (κ3) is 2.40. The predicted molar refractivity (Wildman–Crippen MR) is 120 cm³/mol. The number of fused-ring (bicyclic) bond motifs is 2. The summed E-state index contributed by atoms with van der Waals surface area (Å²) >= 11 is 6.19. The topological polar surface area (TPSA) is 64.6 Å². The van der Waals surface area contributed by atoms with Crippen molar-refractivity contribution in [2.24, 2.45) is 53.3 Å². The zero-order chi connectivity index (χ0) is 21.1. The highest BCUT2D eigenvalue weighted by Gasteiger charge is 2.84. The van der Waals surface area contributed by atoms with Gasteiger partial charge in [-0.25, -0.2) is 4.79 Å². The van der Waals surface area contributed by atoms with E-state index in [-0.39, 0.29) is 6.03 Å². The van der Waals surface area contributed by atoms with Gasteiger partial charge in [-0.1, -0.05) is 17.7 Å². The van der Waals surface area contributed by atoms with Gasteiger partial charge in [0, 0.05) is 36.9 Å². The van der Waals surface area contributed by atoms with Crippen LogP contribution in [-0.2, 0) is 0 Å². The number of nitrogens with one attached hydrogen (secondary N) is 2. The van der Waals surface area contributed by atoms with Gasteiger partial charge >= 0.3 is 6.03 Å². The molecule has 1 aliphatic heterocycles. The van der Waals surface area contributed by atoms with Gasteiger partial charge in [-0.3, -0.25) is 0 Å². The van der Waals surface area contributed by atoms with Gasteiger partial charge in [0.25, 0.3) is 0 Å². The monoisotopic (exact) mass is 441 g/mol. The van der Waals surface area contributed by atoms with E-state index in [4.69, 9.17) is 11.6 Å². The summed E-state index contributed by atoms with van der Waals surface area (Å²) in [5.41, 5.74) is 1.79. The second-order valence-corrected chi connectivity index (χ2v) is 11.9. The molecular weight excluding hydrogens is 410 g/mol. The number of rotatable bonds is 5. The Labute approximate surface area is 188 Å². The summed E-state index contributed by atoms with van der Waals surface area (Å²) in [7, 11) is 0. The van der Waals surface area contributed by atoms with Crippen LogP contribution in [0.2, 0.25) is 5.02 Å².